The topological polar surface area (TPSA) is 102 Å². The van der Waals surface area contributed by atoms with E-state index in [4.69, 9.17) is 15.6 Å². The summed E-state index contributed by atoms with van der Waals surface area (Å²) in [5.74, 6) is -0.289. The fourth-order valence-corrected chi connectivity index (χ4v) is 2.57. The average Bonchev–Trinajstić information content (AvgIpc) is 2.54. The second-order valence-electron chi connectivity index (χ2n) is 5.33. The Bertz CT molecular complexity index is 714. The Morgan fingerprint density at radius 2 is 1.61 bits per heavy atom. The van der Waals surface area contributed by atoms with Crippen LogP contribution in [-0.2, 0) is 9.59 Å². The number of ether oxygens (including phenoxy) is 1. The summed E-state index contributed by atoms with van der Waals surface area (Å²) in [5, 5.41) is 11.7. The number of benzene rings is 2. The molecular formula is C17H16N2O4. The number of rotatable bonds is 4. The molecule has 6 heteroatoms. The van der Waals surface area contributed by atoms with Crippen molar-refractivity contribution in [2.24, 2.45) is 5.73 Å². The van der Waals surface area contributed by atoms with Crippen molar-refractivity contribution in [1.29, 1.82) is 0 Å². The number of hydrogen-bond donors (Lipinski definition) is 3. The molecule has 1 aliphatic heterocycles. The number of carbonyl (C=O) groups excluding carboxylic acids is 1. The van der Waals surface area contributed by atoms with Crippen LogP contribution in [0.15, 0.2) is 48.5 Å². The highest BCUT2D eigenvalue weighted by Gasteiger charge is 2.28. The molecule has 1 heterocycles. The van der Waals surface area contributed by atoms with E-state index >= 15 is 0 Å². The highest BCUT2D eigenvalue weighted by molar-refractivity contribution is 5.84. The predicted octanol–water partition coefficient (Wildman–Crippen LogP) is 1.80. The number of fused-ring (bicyclic) bond motifs is 2. The van der Waals surface area contributed by atoms with E-state index in [2.05, 4.69) is 5.32 Å². The van der Waals surface area contributed by atoms with Crippen LogP contribution < -0.4 is 15.8 Å². The van der Waals surface area contributed by atoms with E-state index < -0.39 is 24.0 Å². The highest BCUT2D eigenvalue weighted by atomic mass is 16.5. The summed E-state index contributed by atoms with van der Waals surface area (Å²) in [5.41, 5.74) is 7.07. The maximum absolute atomic E-state index is 12.2. The molecule has 2 aromatic carbocycles. The fraction of sp³-hybridized carbons (Fsp3) is 0.176. The Morgan fingerprint density at radius 3 is 2.13 bits per heavy atom. The van der Waals surface area contributed by atoms with Crippen molar-refractivity contribution in [2.45, 2.75) is 18.5 Å². The lowest BCUT2D eigenvalue weighted by Gasteiger charge is -2.29. The Labute approximate surface area is 132 Å². The Kier molecular flexibility index (Phi) is 3.99. The molecule has 0 aliphatic carbocycles. The summed E-state index contributed by atoms with van der Waals surface area (Å²) in [4.78, 5) is 22.9. The minimum atomic E-state index is -1.22. The van der Waals surface area contributed by atoms with Crippen molar-refractivity contribution in [3.8, 4) is 11.5 Å². The molecule has 0 saturated carbocycles. The molecule has 1 aliphatic rings. The van der Waals surface area contributed by atoms with Gasteiger partial charge in [-0.25, -0.2) is 0 Å². The van der Waals surface area contributed by atoms with E-state index in [-0.39, 0.29) is 6.42 Å². The lowest BCUT2D eigenvalue weighted by molar-refractivity contribution is -0.140. The van der Waals surface area contributed by atoms with E-state index in [9.17, 15) is 9.59 Å². The molecule has 0 spiro atoms. The number of nitrogens with two attached hydrogens (primary N) is 1. The van der Waals surface area contributed by atoms with Gasteiger partial charge in [-0.3, -0.25) is 9.59 Å². The van der Waals surface area contributed by atoms with Gasteiger partial charge in [-0.05, 0) is 12.1 Å². The molecule has 4 N–H and O–H groups in total. The molecule has 0 radical (unpaired) electrons. The summed E-state index contributed by atoms with van der Waals surface area (Å²) in [6, 6.07) is 13.2. The number of carboxylic acids is 1. The van der Waals surface area contributed by atoms with Crippen LogP contribution in [0.25, 0.3) is 0 Å². The van der Waals surface area contributed by atoms with E-state index in [1.165, 1.54) is 0 Å². The second kappa shape index (κ2) is 6.10. The fourth-order valence-electron chi connectivity index (χ4n) is 2.57. The van der Waals surface area contributed by atoms with Crippen molar-refractivity contribution >= 4 is 11.9 Å². The molecule has 118 valence electrons. The number of aliphatic carboxylic acids is 1. The van der Waals surface area contributed by atoms with Crippen molar-refractivity contribution in [1.82, 2.24) is 5.32 Å². The van der Waals surface area contributed by atoms with Gasteiger partial charge in [-0.2, -0.15) is 0 Å². The monoisotopic (exact) mass is 312 g/mol. The summed E-state index contributed by atoms with van der Waals surface area (Å²) in [6.07, 6.45) is -0.281. The number of para-hydroxylation sites is 2. The third-order valence-corrected chi connectivity index (χ3v) is 3.71. The third kappa shape index (κ3) is 3.02. The first-order valence-electron chi connectivity index (χ1n) is 7.19. The van der Waals surface area contributed by atoms with Gasteiger partial charge in [0.1, 0.15) is 17.5 Å². The standard InChI is InChI=1S/C17H16N2O4/c18-12(17(21)22)9-15(20)19-16-10-5-1-3-7-13(10)23-14-8-4-2-6-11(14)16/h1-8,12,16H,9,18H2,(H,19,20)(H,21,22). The molecule has 2 aromatic rings. The van der Waals surface area contributed by atoms with E-state index in [1.54, 1.807) is 0 Å². The van der Waals surface area contributed by atoms with Crippen molar-refractivity contribution in [3.63, 3.8) is 0 Å². The largest absolute Gasteiger partial charge is 0.480 e. The highest BCUT2D eigenvalue weighted by Crippen LogP contribution is 2.42. The first-order valence-corrected chi connectivity index (χ1v) is 7.19. The van der Waals surface area contributed by atoms with Gasteiger partial charge < -0.3 is 20.9 Å². The van der Waals surface area contributed by atoms with E-state index in [1.807, 2.05) is 48.5 Å². The van der Waals surface area contributed by atoms with Crippen LogP contribution in [0.3, 0.4) is 0 Å². The molecule has 3 rings (SSSR count). The minimum Gasteiger partial charge on any atom is -0.480 e. The Hall–Kier alpha value is -2.86. The number of hydrogen-bond acceptors (Lipinski definition) is 4. The van der Waals surface area contributed by atoms with Gasteiger partial charge in [0.25, 0.3) is 0 Å². The zero-order valence-corrected chi connectivity index (χ0v) is 12.2. The maximum atomic E-state index is 12.2. The van der Waals surface area contributed by atoms with Crippen LogP contribution in [0, 0.1) is 0 Å². The number of nitrogens with one attached hydrogen (secondary N) is 1. The van der Waals surface area contributed by atoms with Crippen LogP contribution in [0.1, 0.15) is 23.6 Å². The number of amides is 1. The first-order chi connectivity index (χ1) is 11.1. The van der Waals surface area contributed by atoms with E-state index in [0.717, 1.165) is 11.1 Å². The predicted molar refractivity (Wildman–Crippen MR) is 83.2 cm³/mol. The molecule has 0 aromatic heterocycles. The Morgan fingerprint density at radius 1 is 1.09 bits per heavy atom. The molecule has 1 atom stereocenters. The quantitative estimate of drug-likeness (QED) is 0.799. The van der Waals surface area contributed by atoms with Gasteiger partial charge in [0.15, 0.2) is 0 Å². The van der Waals surface area contributed by atoms with Gasteiger partial charge in [-0.1, -0.05) is 36.4 Å². The lowest BCUT2D eigenvalue weighted by atomic mass is 9.94. The Balaban J connectivity index is 1.89. The lowest BCUT2D eigenvalue weighted by Crippen LogP contribution is -2.39. The average molecular weight is 312 g/mol. The molecule has 0 fully saturated rings. The van der Waals surface area contributed by atoms with Gasteiger partial charge in [0.05, 0.1) is 12.5 Å². The maximum Gasteiger partial charge on any atom is 0.321 e. The molecule has 0 bridgehead atoms. The van der Waals surface area contributed by atoms with Gasteiger partial charge in [0.2, 0.25) is 5.91 Å². The molecule has 23 heavy (non-hydrogen) atoms. The van der Waals surface area contributed by atoms with Gasteiger partial charge in [-0.15, -0.1) is 0 Å². The van der Waals surface area contributed by atoms with Crippen molar-refractivity contribution < 1.29 is 19.4 Å². The van der Waals surface area contributed by atoms with Crippen molar-refractivity contribution in [2.75, 3.05) is 0 Å². The molecule has 1 unspecified atom stereocenters. The minimum absolute atomic E-state index is 0.281. The van der Waals surface area contributed by atoms with Crippen molar-refractivity contribution in [3.05, 3.63) is 59.7 Å². The van der Waals surface area contributed by atoms with Crippen LogP contribution in [0.4, 0.5) is 0 Å². The normalized spacial score (nSPS) is 14.1. The zero-order valence-electron chi connectivity index (χ0n) is 12.2. The molecule has 0 saturated heterocycles. The SMILES string of the molecule is NC(CC(=O)NC1c2ccccc2Oc2ccccc21)C(=O)O. The smallest absolute Gasteiger partial charge is 0.321 e. The second-order valence-corrected chi connectivity index (χ2v) is 5.33. The van der Waals surface area contributed by atoms with Crippen LogP contribution >= 0.6 is 0 Å². The number of carbonyl (C=O) groups is 2. The summed E-state index contributed by atoms with van der Waals surface area (Å²) in [7, 11) is 0. The van der Waals surface area contributed by atoms with Gasteiger partial charge >= 0.3 is 5.97 Å². The number of carboxylic acid groups (broad SMARTS) is 1. The summed E-state index contributed by atoms with van der Waals surface area (Å²) >= 11 is 0. The molecule has 6 nitrogen and oxygen atoms in total. The zero-order chi connectivity index (χ0) is 16.4. The first kappa shape index (κ1) is 15.1. The van der Waals surface area contributed by atoms with Crippen LogP contribution in [0.2, 0.25) is 0 Å². The summed E-state index contributed by atoms with van der Waals surface area (Å²) < 4.78 is 5.84. The molecule has 1 amide bonds. The molecular weight excluding hydrogens is 296 g/mol. The van der Waals surface area contributed by atoms with Crippen LogP contribution in [-0.4, -0.2) is 23.0 Å². The van der Waals surface area contributed by atoms with Crippen LogP contribution in [0.5, 0.6) is 11.5 Å². The third-order valence-electron chi connectivity index (χ3n) is 3.71. The van der Waals surface area contributed by atoms with Gasteiger partial charge in [0, 0.05) is 11.1 Å². The van der Waals surface area contributed by atoms with E-state index in [0.29, 0.717) is 11.5 Å². The summed E-state index contributed by atoms with van der Waals surface area (Å²) in [6.45, 7) is 0.